The first-order chi connectivity index (χ1) is 21.4. The van der Waals surface area contributed by atoms with E-state index in [1.54, 1.807) is 0 Å². The number of pyridine rings is 1. The smallest absolute Gasteiger partial charge is 0.159 e. The van der Waals surface area contributed by atoms with Crippen molar-refractivity contribution >= 4 is 38.5 Å². The number of nitrogens with zero attached hydrogens (tertiary/aromatic N) is 1. The molecule has 1 aliphatic rings. The molecule has 2 aromatic heterocycles. The van der Waals surface area contributed by atoms with Gasteiger partial charge in [-0.25, -0.2) is 0 Å². The third-order valence-corrected chi connectivity index (χ3v) is 8.62. The van der Waals surface area contributed by atoms with Crippen molar-refractivity contribution in [2.24, 2.45) is 11.8 Å². The van der Waals surface area contributed by atoms with Gasteiger partial charge in [0, 0.05) is 50.6 Å². The molecule has 0 unspecified atom stereocenters. The number of hydrogen-bond donors (Lipinski definition) is 1. The van der Waals surface area contributed by atoms with Crippen LogP contribution < -0.4 is 0 Å². The van der Waals surface area contributed by atoms with Gasteiger partial charge >= 0.3 is 0 Å². The molecule has 2 heterocycles. The summed E-state index contributed by atoms with van der Waals surface area (Å²) < 4.78 is 6.39. The Labute approximate surface area is 288 Å². The van der Waals surface area contributed by atoms with E-state index in [2.05, 4.69) is 69.3 Å². The standard InChI is InChI=1S/C30H28NO.C11H20O2.Ir/c1-30(2,3)22-17-25-24-10-6-7-11-27(24)32-29(25)26(18-22)28-23-13-12-20(19-8-4-5-9-19)16-21(23)14-15-31-28;1-8(2)5-10(12)7-11(13)6-9(3)4;/h6-7,10-17,19H,4-5,8-9H2,1-3H3;7-9,12H,5-6H2,1-4H3;/q-1;;/b;10-7-;. The Balaban J connectivity index is 0.000000295. The molecule has 245 valence electrons. The number of allylic oxidation sites excluding steroid dienone is 2. The summed E-state index contributed by atoms with van der Waals surface area (Å²) in [6.07, 6.45) is 9.72. The molecule has 1 N–H and O–H groups in total. The summed E-state index contributed by atoms with van der Waals surface area (Å²) in [4.78, 5) is 16.1. The minimum atomic E-state index is -0.0262. The largest absolute Gasteiger partial charge is 0.512 e. The third-order valence-electron chi connectivity index (χ3n) is 8.62. The van der Waals surface area contributed by atoms with Gasteiger partial charge in [0.2, 0.25) is 0 Å². The number of carbonyl (C=O) groups excluding carboxylic acids is 1. The zero-order valence-corrected chi connectivity index (χ0v) is 30.8. The van der Waals surface area contributed by atoms with Gasteiger partial charge in [-0.05, 0) is 70.2 Å². The summed E-state index contributed by atoms with van der Waals surface area (Å²) in [7, 11) is 0. The van der Waals surface area contributed by atoms with Crippen molar-refractivity contribution in [3.8, 4) is 11.3 Å². The molecular formula is C41H48IrNO3-. The Morgan fingerprint density at radius 1 is 0.957 bits per heavy atom. The molecule has 3 aromatic carbocycles. The summed E-state index contributed by atoms with van der Waals surface area (Å²) in [6, 6.07) is 23.3. The van der Waals surface area contributed by atoms with Gasteiger partial charge in [-0.1, -0.05) is 109 Å². The van der Waals surface area contributed by atoms with Crippen molar-refractivity contribution < 1.29 is 34.4 Å². The first kappa shape index (κ1) is 35.6. The van der Waals surface area contributed by atoms with Crippen LogP contribution >= 0.6 is 0 Å². The minimum absolute atomic E-state index is 0. The van der Waals surface area contributed by atoms with Crippen LogP contribution in [0.5, 0.6) is 0 Å². The second-order valence-corrected chi connectivity index (χ2v) is 14.6. The van der Waals surface area contributed by atoms with Crippen LogP contribution in [0.3, 0.4) is 0 Å². The fourth-order valence-electron chi connectivity index (χ4n) is 6.37. The molecule has 5 aromatic rings. The molecule has 1 fully saturated rings. The van der Waals surface area contributed by atoms with Crippen LogP contribution in [0.25, 0.3) is 44.0 Å². The molecule has 0 aliphatic heterocycles. The second-order valence-electron chi connectivity index (χ2n) is 14.6. The fraction of sp³-hybridized carbons (Fsp3) is 0.415. The summed E-state index contributed by atoms with van der Waals surface area (Å²) in [5, 5.41) is 14.0. The van der Waals surface area contributed by atoms with E-state index in [9.17, 15) is 9.90 Å². The normalized spacial score (nSPS) is 14.2. The summed E-state index contributed by atoms with van der Waals surface area (Å²) in [5.41, 5.74) is 6.31. The first-order valence-electron chi connectivity index (χ1n) is 16.6. The van der Waals surface area contributed by atoms with Crippen LogP contribution in [0.1, 0.15) is 104 Å². The van der Waals surface area contributed by atoms with Crippen molar-refractivity contribution in [2.75, 3.05) is 0 Å². The van der Waals surface area contributed by atoms with Gasteiger partial charge in [-0.3, -0.25) is 4.79 Å². The quantitative estimate of drug-likeness (QED) is 0.101. The number of rotatable bonds is 7. The number of aliphatic hydroxyl groups is 1. The van der Waals surface area contributed by atoms with Crippen LogP contribution in [-0.2, 0) is 30.3 Å². The van der Waals surface area contributed by atoms with E-state index < -0.39 is 0 Å². The Hall–Kier alpha value is -3.27. The number of hydrogen-bond acceptors (Lipinski definition) is 4. The van der Waals surface area contributed by atoms with E-state index in [0.717, 1.165) is 33.2 Å². The number of furan rings is 1. The molecule has 1 saturated carbocycles. The number of aromatic nitrogens is 1. The first-order valence-corrected chi connectivity index (χ1v) is 16.6. The molecule has 1 radical (unpaired) electrons. The van der Waals surface area contributed by atoms with Crippen LogP contribution in [0.4, 0.5) is 0 Å². The molecule has 0 amide bonds. The van der Waals surface area contributed by atoms with Gasteiger partial charge < -0.3 is 14.5 Å². The number of para-hydroxylation sites is 1. The van der Waals surface area contributed by atoms with Gasteiger partial charge in [0.15, 0.2) is 5.78 Å². The van der Waals surface area contributed by atoms with Crippen molar-refractivity contribution in [3.63, 3.8) is 0 Å². The third kappa shape index (κ3) is 8.35. The Bertz CT molecular complexity index is 1830. The molecular weight excluding hydrogens is 747 g/mol. The van der Waals surface area contributed by atoms with E-state index in [0.29, 0.717) is 30.6 Å². The van der Waals surface area contributed by atoms with E-state index in [-0.39, 0.29) is 37.1 Å². The molecule has 0 bridgehead atoms. The molecule has 6 rings (SSSR count). The van der Waals surface area contributed by atoms with E-state index in [4.69, 9.17) is 9.40 Å². The average Bonchev–Trinajstić information content (AvgIpc) is 3.64. The van der Waals surface area contributed by atoms with Gasteiger partial charge in [0.25, 0.3) is 0 Å². The van der Waals surface area contributed by atoms with Crippen molar-refractivity contribution in [1.82, 2.24) is 4.98 Å². The molecule has 0 saturated heterocycles. The molecule has 0 atom stereocenters. The Morgan fingerprint density at radius 3 is 2.33 bits per heavy atom. The predicted octanol–water partition coefficient (Wildman–Crippen LogP) is 11.6. The number of fused-ring (bicyclic) bond motifs is 4. The Morgan fingerprint density at radius 2 is 1.65 bits per heavy atom. The fourth-order valence-corrected chi connectivity index (χ4v) is 6.37. The van der Waals surface area contributed by atoms with Crippen LogP contribution in [-0.4, -0.2) is 15.9 Å². The number of carbonyl (C=O) groups is 1. The van der Waals surface area contributed by atoms with Gasteiger partial charge in [-0.15, -0.1) is 17.7 Å². The van der Waals surface area contributed by atoms with Gasteiger partial charge in [0.1, 0.15) is 5.58 Å². The average molecular weight is 795 g/mol. The van der Waals surface area contributed by atoms with Crippen molar-refractivity contribution in [1.29, 1.82) is 0 Å². The number of ketones is 1. The summed E-state index contributed by atoms with van der Waals surface area (Å²) in [6.45, 7) is 14.7. The molecule has 0 spiro atoms. The monoisotopic (exact) mass is 795 g/mol. The predicted molar refractivity (Wildman–Crippen MR) is 188 cm³/mol. The van der Waals surface area contributed by atoms with Crippen LogP contribution in [0.2, 0.25) is 0 Å². The maximum absolute atomic E-state index is 11.2. The van der Waals surface area contributed by atoms with Gasteiger partial charge in [-0.2, -0.15) is 0 Å². The van der Waals surface area contributed by atoms with Gasteiger partial charge in [0.05, 0.1) is 11.3 Å². The Kier molecular flexibility index (Phi) is 11.7. The summed E-state index contributed by atoms with van der Waals surface area (Å²) in [5.74, 6) is 1.68. The van der Waals surface area contributed by atoms with E-state index >= 15 is 0 Å². The SMILES string of the molecule is CC(C)(C)c1[c-]c(-c2nccc3cc(C4CCCC4)ccc23)c2oc3ccccc3c2c1.CC(C)CC(=O)/C=C(\O)CC(C)C.[Ir]. The molecule has 46 heavy (non-hydrogen) atoms. The van der Waals surface area contributed by atoms with E-state index in [1.165, 1.54) is 53.7 Å². The molecule has 1 aliphatic carbocycles. The van der Waals surface area contributed by atoms with Crippen LogP contribution in [0, 0.1) is 17.9 Å². The maximum atomic E-state index is 11.2. The zero-order valence-electron chi connectivity index (χ0n) is 28.4. The van der Waals surface area contributed by atoms with Crippen molar-refractivity contribution in [2.45, 2.75) is 98.3 Å². The maximum Gasteiger partial charge on any atom is 0.159 e. The molecule has 5 heteroatoms. The zero-order chi connectivity index (χ0) is 32.3. The topological polar surface area (TPSA) is 63.3 Å². The van der Waals surface area contributed by atoms with E-state index in [1.807, 2.05) is 46.0 Å². The number of benzene rings is 3. The number of aliphatic hydroxyl groups excluding tert-OH is 1. The molecule has 4 nitrogen and oxygen atoms in total. The minimum Gasteiger partial charge on any atom is -0.512 e. The summed E-state index contributed by atoms with van der Waals surface area (Å²) >= 11 is 0. The van der Waals surface area contributed by atoms with Crippen LogP contribution in [0.15, 0.2) is 77.0 Å². The second kappa shape index (κ2) is 15.1. The van der Waals surface area contributed by atoms with Crippen molar-refractivity contribution in [3.05, 3.63) is 89.8 Å².